The van der Waals surface area contributed by atoms with Gasteiger partial charge in [0, 0.05) is 13.2 Å². The molecule has 3 nitrogen and oxygen atoms in total. The first-order chi connectivity index (χ1) is 9.38. The van der Waals surface area contributed by atoms with Crippen LogP contribution in [0.15, 0.2) is 24.3 Å². The Morgan fingerprint density at radius 3 is 2.79 bits per heavy atom. The quantitative estimate of drug-likeness (QED) is 0.826. The van der Waals surface area contributed by atoms with Gasteiger partial charge in [-0.3, -0.25) is 0 Å². The van der Waals surface area contributed by atoms with E-state index in [1.54, 1.807) is 0 Å². The summed E-state index contributed by atoms with van der Waals surface area (Å²) in [6, 6.07) is 8.57. The van der Waals surface area contributed by atoms with Crippen LogP contribution in [0.3, 0.4) is 0 Å². The Morgan fingerprint density at radius 2 is 2.11 bits per heavy atom. The van der Waals surface area contributed by atoms with Crippen LogP contribution in [0, 0.1) is 0 Å². The second-order valence-corrected chi connectivity index (χ2v) is 5.68. The van der Waals surface area contributed by atoms with Crippen LogP contribution in [0.5, 0.6) is 0 Å². The molecule has 1 saturated heterocycles. The van der Waals surface area contributed by atoms with Crippen LogP contribution in [-0.4, -0.2) is 31.0 Å². The first kappa shape index (κ1) is 13.1. The molecule has 1 aromatic carbocycles. The molecule has 1 aromatic rings. The molecular formula is C16H23NO2. The van der Waals surface area contributed by atoms with Gasteiger partial charge < -0.3 is 15.2 Å². The third-order valence-electron chi connectivity index (χ3n) is 4.19. The standard InChI is InChI=1S/C16H23NO2/c18-11-16(17-10-13-4-3-9-19-13)15-6-2-1-5-14(15)12-7-8-12/h1-2,5-6,12-13,16-18H,3-4,7-11H2. The molecule has 0 aromatic heterocycles. The van der Waals surface area contributed by atoms with Gasteiger partial charge in [0.25, 0.3) is 0 Å². The molecule has 2 fully saturated rings. The van der Waals surface area contributed by atoms with Crippen molar-refractivity contribution >= 4 is 0 Å². The molecule has 0 spiro atoms. The lowest BCUT2D eigenvalue weighted by Gasteiger charge is -2.21. The predicted molar refractivity (Wildman–Crippen MR) is 75.2 cm³/mol. The summed E-state index contributed by atoms with van der Waals surface area (Å²) in [4.78, 5) is 0. The van der Waals surface area contributed by atoms with Crippen molar-refractivity contribution in [1.29, 1.82) is 0 Å². The van der Waals surface area contributed by atoms with Gasteiger partial charge >= 0.3 is 0 Å². The topological polar surface area (TPSA) is 41.5 Å². The number of hydrogen-bond donors (Lipinski definition) is 2. The van der Waals surface area contributed by atoms with Crippen molar-refractivity contribution in [2.45, 2.75) is 43.7 Å². The number of aliphatic hydroxyl groups excluding tert-OH is 1. The average molecular weight is 261 g/mol. The Balaban J connectivity index is 1.66. The molecule has 1 saturated carbocycles. The Hall–Kier alpha value is -0.900. The Bertz CT molecular complexity index is 411. The van der Waals surface area contributed by atoms with Gasteiger partial charge in [-0.15, -0.1) is 0 Å². The highest BCUT2D eigenvalue weighted by Crippen LogP contribution is 2.42. The minimum atomic E-state index is 0.0426. The molecule has 19 heavy (non-hydrogen) atoms. The van der Waals surface area contributed by atoms with E-state index in [1.165, 1.54) is 24.0 Å². The van der Waals surface area contributed by atoms with Crippen LogP contribution in [-0.2, 0) is 4.74 Å². The van der Waals surface area contributed by atoms with Gasteiger partial charge in [-0.1, -0.05) is 24.3 Å². The third kappa shape index (κ3) is 3.16. The first-order valence-corrected chi connectivity index (χ1v) is 7.43. The summed E-state index contributed by atoms with van der Waals surface area (Å²) in [6.45, 7) is 1.87. The van der Waals surface area contributed by atoms with Crippen molar-refractivity contribution < 1.29 is 9.84 Å². The maximum absolute atomic E-state index is 9.68. The number of nitrogens with one attached hydrogen (secondary N) is 1. The van der Waals surface area contributed by atoms with Crippen molar-refractivity contribution in [3.8, 4) is 0 Å². The van der Waals surface area contributed by atoms with E-state index in [0.29, 0.717) is 6.10 Å². The second kappa shape index (κ2) is 6.04. The molecule has 2 N–H and O–H groups in total. The minimum Gasteiger partial charge on any atom is -0.394 e. The number of aliphatic hydroxyl groups is 1. The Labute approximate surface area is 115 Å². The summed E-state index contributed by atoms with van der Waals surface area (Å²) in [5.41, 5.74) is 2.69. The smallest absolute Gasteiger partial charge is 0.0700 e. The molecular weight excluding hydrogens is 238 g/mol. The number of hydrogen-bond acceptors (Lipinski definition) is 3. The highest BCUT2D eigenvalue weighted by molar-refractivity contribution is 5.35. The van der Waals surface area contributed by atoms with Crippen molar-refractivity contribution in [1.82, 2.24) is 5.32 Å². The van der Waals surface area contributed by atoms with E-state index in [1.807, 2.05) is 0 Å². The van der Waals surface area contributed by atoms with Crippen LogP contribution >= 0.6 is 0 Å². The molecule has 1 aliphatic carbocycles. The number of rotatable bonds is 6. The fourth-order valence-electron chi connectivity index (χ4n) is 2.95. The molecule has 0 radical (unpaired) electrons. The van der Waals surface area contributed by atoms with E-state index in [4.69, 9.17) is 4.74 Å². The normalized spacial score (nSPS) is 24.6. The summed E-state index contributed by atoms with van der Waals surface area (Å²) in [5, 5.41) is 13.2. The van der Waals surface area contributed by atoms with E-state index in [-0.39, 0.29) is 12.6 Å². The van der Waals surface area contributed by atoms with E-state index < -0.39 is 0 Å². The molecule has 3 rings (SSSR count). The molecule has 3 heteroatoms. The highest BCUT2D eigenvalue weighted by Gasteiger charge is 2.28. The van der Waals surface area contributed by atoms with Gasteiger partial charge in [-0.25, -0.2) is 0 Å². The lowest BCUT2D eigenvalue weighted by molar-refractivity contribution is 0.104. The van der Waals surface area contributed by atoms with Crippen LogP contribution in [0.25, 0.3) is 0 Å². The average Bonchev–Trinajstić information content (AvgIpc) is 3.17. The highest BCUT2D eigenvalue weighted by atomic mass is 16.5. The third-order valence-corrected chi connectivity index (χ3v) is 4.19. The van der Waals surface area contributed by atoms with Crippen molar-refractivity contribution in [3.05, 3.63) is 35.4 Å². The van der Waals surface area contributed by atoms with Crippen LogP contribution in [0.4, 0.5) is 0 Å². The zero-order valence-electron chi connectivity index (χ0n) is 11.3. The van der Waals surface area contributed by atoms with Gasteiger partial charge in [0.15, 0.2) is 0 Å². The Kier molecular flexibility index (Phi) is 4.16. The molecule has 1 aliphatic heterocycles. The fraction of sp³-hybridized carbons (Fsp3) is 0.625. The number of ether oxygens (including phenoxy) is 1. The number of benzene rings is 1. The van der Waals surface area contributed by atoms with E-state index in [9.17, 15) is 5.11 Å². The van der Waals surface area contributed by atoms with Crippen LogP contribution in [0.2, 0.25) is 0 Å². The maximum atomic E-state index is 9.68. The zero-order valence-corrected chi connectivity index (χ0v) is 11.3. The lowest BCUT2D eigenvalue weighted by atomic mass is 9.97. The monoisotopic (exact) mass is 261 g/mol. The van der Waals surface area contributed by atoms with Gasteiger partial charge in [0.1, 0.15) is 0 Å². The molecule has 2 unspecified atom stereocenters. The maximum Gasteiger partial charge on any atom is 0.0700 e. The van der Waals surface area contributed by atoms with Gasteiger partial charge in [0.2, 0.25) is 0 Å². The molecule has 2 aliphatic rings. The molecule has 0 bridgehead atoms. The summed E-state index contributed by atoms with van der Waals surface area (Å²) < 4.78 is 5.63. The van der Waals surface area contributed by atoms with Crippen LogP contribution in [0.1, 0.15) is 48.8 Å². The van der Waals surface area contributed by atoms with Crippen LogP contribution < -0.4 is 5.32 Å². The summed E-state index contributed by atoms with van der Waals surface area (Å²) in [5.74, 6) is 0.717. The summed E-state index contributed by atoms with van der Waals surface area (Å²) in [7, 11) is 0. The molecule has 0 amide bonds. The predicted octanol–water partition coefficient (Wildman–Crippen LogP) is 2.37. The van der Waals surface area contributed by atoms with E-state index in [0.717, 1.165) is 31.9 Å². The zero-order chi connectivity index (χ0) is 13.1. The van der Waals surface area contributed by atoms with E-state index in [2.05, 4.69) is 29.6 Å². The minimum absolute atomic E-state index is 0.0426. The largest absolute Gasteiger partial charge is 0.394 e. The fourth-order valence-corrected chi connectivity index (χ4v) is 2.95. The molecule has 2 atom stereocenters. The Morgan fingerprint density at radius 1 is 1.26 bits per heavy atom. The molecule has 104 valence electrons. The van der Waals surface area contributed by atoms with Crippen molar-refractivity contribution in [2.75, 3.05) is 19.8 Å². The van der Waals surface area contributed by atoms with Gasteiger partial charge in [0.05, 0.1) is 18.8 Å². The van der Waals surface area contributed by atoms with Gasteiger partial charge in [-0.05, 0) is 42.7 Å². The van der Waals surface area contributed by atoms with Gasteiger partial charge in [-0.2, -0.15) is 0 Å². The first-order valence-electron chi connectivity index (χ1n) is 7.43. The van der Waals surface area contributed by atoms with Crippen molar-refractivity contribution in [2.24, 2.45) is 0 Å². The molecule has 1 heterocycles. The lowest BCUT2D eigenvalue weighted by Crippen LogP contribution is -2.32. The van der Waals surface area contributed by atoms with E-state index >= 15 is 0 Å². The SMILES string of the molecule is OCC(NCC1CCCO1)c1ccccc1C1CC1. The van der Waals surface area contributed by atoms with Crippen molar-refractivity contribution in [3.63, 3.8) is 0 Å². The summed E-state index contributed by atoms with van der Waals surface area (Å²) in [6.07, 6.45) is 5.20. The second-order valence-electron chi connectivity index (χ2n) is 5.68. The summed E-state index contributed by atoms with van der Waals surface area (Å²) >= 11 is 0.